The SMILES string of the molecule is CCCCCCCCCN1CC(C(N)=O)CC1=O. The second-order valence-electron chi connectivity index (χ2n) is 5.26. The maximum Gasteiger partial charge on any atom is 0.223 e. The summed E-state index contributed by atoms with van der Waals surface area (Å²) in [5, 5.41) is 0. The molecule has 0 spiro atoms. The number of primary amides is 1. The van der Waals surface area contributed by atoms with Crippen LogP contribution in [0.4, 0.5) is 0 Å². The van der Waals surface area contributed by atoms with Gasteiger partial charge in [0.05, 0.1) is 5.92 Å². The number of carbonyl (C=O) groups is 2. The van der Waals surface area contributed by atoms with Gasteiger partial charge in [-0.05, 0) is 6.42 Å². The minimum atomic E-state index is -0.342. The minimum absolute atomic E-state index is 0.0878. The molecule has 1 atom stereocenters. The van der Waals surface area contributed by atoms with Crippen molar-refractivity contribution in [1.29, 1.82) is 0 Å². The van der Waals surface area contributed by atoms with E-state index in [0.717, 1.165) is 13.0 Å². The highest BCUT2D eigenvalue weighted by Gasteiger charge is 2.32. The normalized spacial score (nSPS) is 19.5. The van der Waals surface area contributed by atoms with Gasteiger partial charge in [0.2, 0.25) is 11.8 Å². The third-order valence-corrected chi connectivity index (χ3v) is 3.65. The maximum atomic E-state index is 11.6. The summed E-state index contributed by atoms with van der Waals surface area (Å²) in [6.45, 7) is 3.54. The number of amides is 2. The number of carbonyl (C=O) groups excluding carboxylic acids is 2. The summed E-state index contributed by atoms with van der Waals surface area (Å²) in [5.74, 6) is -0.516. The number of hydrogen-bond donors (Lipinski definition) is 1. The summed E-state index contributed by atoms with van der Waals surface area (Å²) in [6.07, 6.45) is 9.00. The van der Waals surface area contributed by atoms with Crippen LogP contribution in [0.2, 0.25) is 0 Å². The smallest absolute Gasteiger partial charge is 0.223 e. The van der Waals surface area contributed by atoms with Crippen molar-refractivity contribution in [3.8, 4) is 0 Å². The van der Waals surface area contributed by atoms with Crippen LogP contribution in [0.3, 0.4) is 0 Å². The fourth-order valence-electron chi connectivity index (χ4n) is 2.44. The Morgan fingerprint density at radius 3 is 2.39 bits per heavy atom. The molecule has 1 unspecified atom stereocenters. The zero-order valence-corrected chi connectivity index (χ0v) is 11.5. The van der Waals surface area contributed by atoms with Crippen LogP contribution in [0.5, 0.6) is 0 Å². The van der Waals surface area contributed by atoms with E-state index in [1.807, 2.05) is 0 Å². The molecular formula is C14H26N2O2. The van der Waals surface area contributed by atoms with Crippen molar-refractivity contribution >= 4 is 11.8 Å². The van der Waals surface area contributed by atoms with Gasteiger partial charge in [-0.2, -0.15) is 0 Å². The molecule has 1 fully saturated rings. The predicted octanol–water partition coefficient (Wildman–Crippen LogP) is 2.07. The zero-order chi connectivity index (χ0) is 13.4. The second-order valence-corrected chi connectivity index (χ2v) is 5.26. The first-order valence-corrected chi connectivity index (χ1v) is 7.22. The van der Waals surface area contributed by atoms with E-state index in [1.54, 1.807) is 4.90 Å². The molecule has 0 saturated carbocycles. The highest BCUT2D eigenvalue weighted by Crippen LogP contribution is 2.18. The van der Waals surface area contributed by atoms with Crippen molar-refractivity contribution in [2.75, 3.05) is 13.1 Å². The summed E-state index contributed by atoms with van der Waals surface area (Å²) in [7, 11) is 0. The first kappa shape index (κ1) is 15.0. The summed E-state index contributed by atoms with van der Waals surface area (Å²) >= 11 is 0. The average Bonchev–Trinajstić information content (AvgIpc) is 2.70. The molecule has 2 amide bonds. The van der Waals surface area contributed by atoms with Crippen LogP contribution in [0, 0.1) is 5.92 Å². The fraction of sp³-hybridized carbons (Fsp3) is 0.857. The van der Waals surface area contributed by atoms with Gasteiger partial charge in [0, 0.05) is 19.5 Å². The van der Waals surface area contributed by atoms with Crippen molar-refractivity contribution in [3.05, 3.63) is 0 Å². The average molecular weight is 254 g/mol. The summed E-state index contributed by atoms with van der Waals surface area (Å²) in [4.78, 5) is 24.4. The lowest BCUT2D eigenvalue weighted by molar-refractivity contribution is -0.128. The van der Waals surface area contributed by atoms with Crippen LogP contribution >= 0.6 is 0 Å². The molecule has 0 aliphatic carbocycles. The maximum absolute atomic E-state index is 11.6. The van der Waals surface area contributed by atoms with E-state index in [9.17, 15) is 9.59 Å². The molecule has 2 N–H and O–H groups in total. The molecule has 1 heterocycles. The van der Waals surface area contributed by atoms with Gasteiger partial charge in [0.25, 0.3) is 0 Å². The Morgan fingerprint density at radius 2 is 1.83 bits per heavy atom. The molecule has 4 heteroatoms. The molecule has 0 aromatic rings. The highest BCUT2D eigenvalue weighted by atomic mass is 16.2. The van der Waals surface area contributed by atoms with Crippen LogP contribution in [-0.4, -0.2) is 29.8 Å². The topological polar surface area (TPSA) is 63.4 Å². The van der Waals surface area contributed by atoms with Gasteiger partial charge in [-0.1, -0.05) is 45.4 Å². The van der Waals surface area contributed by atoms with Gasteiger partial charge in [-0.25, -0.2) is 0 Å². The molecule has 1 aliphatic heterocycles. The van der Waals surface area contributed by atoms with E-state index in [4.69, 9.17) is 5.73 Å². The van der Waals surface area contributed by atoms with E-state index in [0.29, 0.717) is 13.0 Å². The van der Waals surface area contributed by atoms with Crippen molar-refractivity contribution < 1.29 is 9.59 Å². The third-order valence-electron chi connectivity index (χ3n) is 3.65. The van der Waals surface area contributed by atoms with Gasteiger partial charge in [0.15, 0.2) is 0 Å². The molecule has 0 aromatic heterocycles. The molecule has 4 nitrogen and oxygen atoms in total. The quantitative estimate of drug-likeness (QED) is 0.640. The second kappa shape index (κ2) is 8.11. The predicted molar refractivity (Wildman–Crippen MR) is 71.9 cm³/mol. The minimum Gasteiger partial charge on any atom is -0.369 e. The lowest BCUT2D eigenvalue weighted by atomic mass is 10.1. The molecule has 18 heavy (non-hydrogen) atoms. The largest absolute Gasteiger partial charge is 0.369 e. The lowest BCUT2D eigenvalue weighted by Crippen LogP contribution is -2.29. The summed E-state index contributed by atoms with van der Waals surface area (Å²) in [6, 6.07) is 0. The van der Waals surface area contributed by atoms with Crippen molar-refractivity contribution in [3.63, 3.8) is 0 Å². The van der Waals surface area contributed by atoms with E-state index in [1.165, 1.54) is 38.5 Å². The first-order chi connectivity index (χ1) is 8.65. The van der Waals surface area contributed by atoms with E-state index in [-0.39, 0.29) is 17.7 Å². The molecular weight excluding hydrogens is 228 g/mol. The molecule has 0 bridgehead atoms. The van der Waals surface area contributed by atoms with Gasteiger partial charge in [-0.3, -0.25) is 9.59 Å². The first-order valence-electron chi connectivity index (χ1n) is 7.22. The molecule has 1 aliphatic rings. The highest BCUT2D eigenvalue weighted by molar-refractivity contribution is 5.88. The molecule has 104 valence electrons. The fourth-order valence-corrected chi connectivity index (χ4v) is 2.44. The van der Waals surface area contributed by atoms with Gasteiger partial charge >= 0.3 is 0 Å². The van der Waals surface area contributed by atoms with Crippen LogP contribution < -0.4 is 5.73 Å². The number of likely N-dealkylation sites (tertiary alicyclic amines) is 1. The standard InChI is InChI=1S/C14H26N2O2/c1-2-3-4-5-6-7-8-9-16-11-12(14(15)18)10-13(16)17/h12H,2-11H2,1H3,(H2,15,18). The third kappa shape index (κ3) is 5.07. The Bertz CT molecular complexity index is 279. The van der Waals surface area contributed by atoms with E-state index in [2.05, 4.69) is 6.92 Å². The summed E-state index contributed by atoms with van der Waals surface area (Å²) in [5.41, 5.74) is 5.23. The Kier molecular flexibility index (Phi) is 6.76. The number of rotatable bonds is 9. The molecule has 1 rings (SSSR count). The number of nitrogens with zero attached hydrogens (tertiary/aromatic N) is 1. The number of nitrogens with two attached hydrogens (primary N) is 1. The van der Waals surface area contributed by atoms with Crippen molar-refractivity contribution in [1.82, 2.24) is 4.90 Å². The van der Waals surface area contributed by atoms with Crippen LogP contribution in [0.1, 0.15) is 58.3 Å². The number of unbranched alkanes of at least 4 members (excludes halogenated alkanes) is 6. The van der Waals surface area contributed by atoms with Crippen LogP contribution in [0.25, 0.3) is 0 Å². The Labute approximate surface area is 110 Å². The Hall–Kier alpha value is -1.06. The van der Waals surface area contributed by atoms with Gasteiger partial charge < -0.3 is 10.6 Å². The van der Waals surface area contributed by atoms with Crippen molar-refractivity contribution in [2.45, 2.75) is 58.3 Å². The van der Waals surface area contributed by atoms with Crippen LogP contribution in [-0.2, 0) is 9.59 Å². The number of hydrogen-bond acceptors (Lipinski definition) is 2. The van der Waals surface area contributed by atoms with Gasteiger partial charge in [-0.15, -0.1) is 0 Å². The molecule has 1 saturated heterocycles. The lowest BCUT2D eigenvalue weighted by Gasteiger charge is -2.15. The van der Waals surface area contributed by atoms with E-state index < -0.39 is 0 Å². The Morgan fingerprint density at radius 1 is 1.22 bits per heavy atom. The molecule has 0 radical (unpaired) electrons. The van der Waals surface area contributed by atoms with Gasteiger partial charge in [0.1, 0.15) is 0 Å². The van der Waals surface area contributed by atoms with Crippen molar-refractivity contribution in [2.24, 2.45) is 11.7 Å². The monoisotopic (exact) mass is 254 g/mol. The van der Waals surface area contributed by atoms with E-state index >= 15 is 0 Å². The summed E-state index contributed by atoms with van der Waals surface area (Å²) < 4.78 is 0. The zero-order valence-electron chi connectivity index (χ0n) is 11.5. The Balaban J connectivity index is 2.06. The molecule has 0 aromatic carbocycles. The van der Waals surface area contributed by atoms with Crippen LogP contribution in [0.15, 0.2) is 0 Å².